The number of nitrogens with zero attached hydrogens (tertiary/aromatic N) is 3. The van der Waals surface area contributed by atoms with E-state index in [0.29, 0.717) is 0 Å². The van der Waals surface area contributed by atoms with E-state index in [1.807, 2.05) is 0 Å². The van der Waals surface area contributed by atoms with Gasteiger partial charge in [0.1, 0.15) is 0 Å². The maximum Gasteiger partial charge on any atom is 0.252 e. The van der Waals surface area contributed by atoms with E-state index < -0.39 is 0 Å². The summed E-state index contributed by atoms with van der Waals surface area (Å²) >= 11 is 0. The Hall–Kier alpha value is -6.00. The average molecular weight is 892 g/mol. The van der Waals surface area contributed by atoms with Crippen molar-refractivity contribution in [1.82, 2.24) is 0 Å². The molecule has 0 saturated heterocycles. The van der Waals surface area contributed by atoms with Gasteiger partial charge in [0.05, 0.1) is 11.2 Å². The Balaban J connectivity index is 1.17. The van der Waals surface area contributed by atoms with Crippen LogP contribution in [0, 0.1) is 6.92 Å². The second kappa shape index (κ2) is 15.5. The first-order chi connectivity index (χ1) is 32.3. The zero-order valence-electron chi connectivity index (χ0n) is 42.8. The van der Waals surface area contributed by atoms with Gasteiger partial charge in [0, 0.05) is 50.8 Å². The molecule has 0 bridgehead atoms. The molecule has 0 N–H and O–H groups in total. The van der Waals surface area contributed by atoms with Crippen molar-refractivity contribution >= 4 is 68.6 Å². The molecule has 1 fully saturated rings. The molecule has 4 aliphatic rings. The molecule has 11 rings (SSSR count). The highest BCUT2D eigenvalue weighted by molar-refractivity contribution is 7.00. The van der Waals surface area contributed by atoms with E-state index in [2.05, 4.69) is 243 Å². The summed E-state index contributed by atoms with van der Waals surface area (Å²) in [6.45, 7) is 28.5. The largest absolute Gasteiger partial charge is 0.334 e. The monoisotopic (exact) mass is 892 g/mol. The third kappa shape index (κ3) is 6.82. The Morgan fingerprint density at radius 1 is 0.456 bits per heavy atom. The lowest BCUT2D eigenvalue weighted by Crippen LogP contribution is -2.61. The average Bonchev–Trinajstić information content (AvgIpc) is 3.36. The molecular formula is C64H70BN3. The Morgan fingerprint density at radius 3 is 1.72 bits per heavy atom. The molecule has 0 amide bonds. The van der Waals surface area contributed by atoms with Crippen LogP contribution in [0.25, 0.3) is 11.1 Å². The predicted molar refractivity (Wildman–Crippen MR) is 294 cm³/mol. The number of para-hydroxylation sites is 1. The molecule has 2 atom stereocenters. The molecule has 3 nitrogen and oxygen atoms in total. The van der Waals surface area contributed by atoms with Crippen molar-refractivity contribution in [3.8, 4) is 11.1 Å². The summed E-state index contributed by atoms with van der Waals surface area (Å²) in [5.74, 6) is 0. The van der Waals surface area contributed by atoms with Gasteiger partial charge in [-0.3, -0.25) is 0 Å². The molecule has 7 aromatic carbocycles. The normalized spacial score (nSPS) is 19.8. The van der Waals surface area contributed by atoms with Crippen molar-refractivity contribution in [2.75, 3.05) is 14.7 Å². The lowest BCUT2D eigenvalue weighted by Gasteiger charge is -2.47. The standard InChI is InChI=1S/C64H70BN3/c1-42-37-57-59-58(38-42)67(53-33-27-45(61(5,6)7)39-49(53)43-21-15-13-16-22-43)55-24-18-17-23-51(55)65(59)52-32-31-48(41-56(52)66(57)47-29-25-44(26-30-47)60(2,3)4)68-54-34-28-46(62(8,9)10)40-50(54)63(11)35-19-14-20-36-64(63,68)12/h13,15-18,21-34,37-41H,14,19-20,35-36H2,1-12H3. The van der Waals surface area contributed by atoms with E-state index in [0.717, 1.165) is 6.42 Å². The highest BCUT2D eigenvalue weighted by atomic mass is 15.3. The Kier molecular flexibility index (Phi) is 10.2. The van der Waals surface area contributed by atoms with E-state index in [1.54, 1.807) is 0 Å². The minimum atomic E-state index is -0.0803. The quantitative estimate of drug-likeness (QED) is 0.163. The maximum atomic E-state index is 2.79. The summed E-state index contributed by atoms with van der Waals surface area (Å²) in [6, 6.07) is 56.9. The number of fused-ring (bicyclic) bond motifs is 7. The van der Waals surface area contributed by atoms with Gasteiger partial charge < -0.3 is 14.7 Å². The number of aryl methyl sites for hydroxylation is 1. The molecule has 0 radical (unpaired) electrons. The van der Waals surface area contributed by atoms with Gasteiger partial charge in [-0.25, -0.2) is 0 Å². The molecule has 344 valence electrons. The lowest BCUT2D eigenvalue weighted by molar-refractivity contribution is 0.261. The molecule has 2 unspecified atom stereocenters. The topological polar surface area (TPSA) is 9.72 Å². The minimum Gasteiger partial charge on any atom is -0.334 e. The van der Waals surface area contributed by atoms with E-state index in [1.165, 1.54) is 127 Å². The van der Waals surface area contributed by atoms with Gasteiger partial charge in [-0.15, -0.1) is 0 Å². The fourth-order valence-electron chi connectivity index (χ4n) is 12.7. The van der Waals surface area contributed by atoms with Gasteiger partial charge in [-0.1, -0.05) is 173 Å². The summed E-state index contributed by atoms with van der Waals surface area (Å²) < 4.78 is 0. The van der Waals surface area contributed by atoms with E-state index in [9.17, 15) is 0 Å². The summed E-state index contributed by atoms with van der Waals surface area (Å²) in [5, 5.41) is 0. The zero-order valence-corrected chi connectivity index (χ0v) is 42.8. The van der Waals surface area contributed by atoms with Crippen LogP contribution in [-0.2, 0) is 21.7 Å². The van der Waals surface area contributed by atoms with Gasteiger partial charge in [0.2, 0.25) is 0 Å². The van der Waals surface area contributed by atoms with Crippen molar-refractivity contribution in [3.63, 3.8) is 0 Å². The lowest BCUT2D eigenvalue weighted by atomic mass is 9.33. The van der Waals surface area contributed by atoms with Crippen LogP contribution in [0.1, 0.15) is 136 Å². The fraction of sp³-hybridized carbons (Fsp3) is 0.344. The number of benzene rings is 7. The first-order valence-electron chi connectivity index (χ1n) is 25.5. The van der Waals surface area contributed by atoms with Crippen LogP contribution in [-0.4, -0.2) is 12.3 Å². The minimum absolute atomic E-state index is 0.000168. The van der Waals surface area contributed by atoms with Gasteiger partial charge in [0.25, 0.3) is 6.71 Å². The van der Waals surface area contributed by atoms with Crippen molar-refractivity contribution in [1.29, 1.82) is 0 Å². The Labute approximate surface area is 408 Å². The molecule has 68 heavy (non-hydrogen) atoms. The summed E-state index contributed by atoms with van der Waals surface area (Å²) in [5.41, 5.74) is 23.5. The number of hydrogen-bond donors (Lipinski definition) is 0. The third-order valence-electron chi connectivity index (χ3n) is 16.8. The molecule has 1 saturated carbocycles. The predicted octanol–water partition coefficient (Wildman–Crippen LogP) is 15.8. The highest BCUT2D eigenvalue weighted by Gasteiger charge is 2.57. The van der Waals surface area contributed by atoms with E-state index >= 15 is 0 Å². The van der Waals surface area contributed by atoms with Crippen molar-refractivity contribution in [2.45, 2.75) is 142 Å². The molecule has 0 spiro atoms. The molecule has 3 aliphatic heterocycles. The number of hydrogen-bond acceptors (Lipinski definition) is 3. The second-order valence-corrected chi connectivity index (χ2v) is 24.3. The van der Waals surface area contributed by atoms with Crippen LogP contribution in [0.3, 0.4) is 0 Å². The SMILES string of the molecule is Cc1cc2c3c(c1)N(c1ccc(C(C)(C)C)cc1-c1ccccc1)c1ccccc1B3c1ccc(N3c4ccc(C(C)(C)C)cc4C4(C)CCCCCC34C)cc1N2c1ccc(C(C)(C)C)cc1. The number of rotatable bonds is 4. The smallest absolute Gasteiger partial charge is 0.252 e. The van der Waals surface area contributed by atoms with Gasteiger partial charge in [0.15, 0.2) is 0 Å². The van der Waals surface area contributed by atoms with Crippen molar-refractivity contribution < 1.29 is 0 Å². The Bertz CT molecular complexity index is 3110. The molecular weight excluding hydrogens is 822 g/mol. The van der Waals surface area contributed by atoms with Crippen LogP contribution in [0.5, 0.6) is 0 Å². The maximum absolute atomic E-state index is 2.79. The van der Waals surface area contributed by atoms with Crippen molar-refractivity contribution in [3.05, 3.63) is 173 Å². The van der Waals surface area contributed by atoms with Gasteiger partial charge in [-0.05, 0) is 153 Å². The Morgan fingerprint density at radius 2 is 1.03 bits per heavy atom. The first kappa shape index (κ1) is 44.5. The number of anilines is 8. The first-order valence-corrected chi connectivity index (χ1v) is 25.5. The third-order valence-corrected chi connectivity index (χ3v) is 16.8. The van der Waals surface area contributed by atoms with Gasteiger partial charge >= 0.3 is 0 Å². The van der Waals surface area contributed by atoms with E-state index in [4.69, 9.17) is 0 Å². The molecule has 3 heterocycles. The van der Waals surface area contributed by atoms with Crippen LogP contribution in [0.4, 0.5) is 45.5 Å². The molecule has 1 aliphatic carbocycles. The van der Waals surface area contributed by atoms with Crippen LogP contribution < -0.4 is 31.1 Å². The summed E-state index contributed by atoms with van der Waals surface area (Å²) in [7, 11) is 0. The van der Waals surface area contributed by atoms with Crippen LogP contribution >= 0.6 is 0 Å². The van der Waals surface area contributed by atoms with Crippen LogP contribution in [0.15, 0.2) is 146 Å². The summed E-state index contributed by atoms with van der Waals surface area (Å²) in [6.07, 6.45) is 6.17. The molecule has 4 heteroatoms. The summed E-state index contributed by atoms with van der Waals surface area (Å²) in [4.78, 5) is 8.00. The second-order valence-electron chi connectivity index (χ2n) is 24.3. The molecule has 0 aromatic heterocycles. The zero-order chi connectivity index (χ0) is 47.7. The van der Waals surface area contributed by atoms with E-state index in [-0.39, 0.29) is 33.9 Å². The fourth-order valence-corrected chi connectivity index (χ4v) is 12.7. The molecule has 7 aromatic rings. The van der Waals surface area contributed by atoms with Gasteiger partial charge in [-0.2, -0.15) is 0 Å². The highest BCUT2D eigenvalue weighted by Crippen LogP contribution is 2.61. The van der Waals surface area contributed by atoms with Crippen LogP contribution in [0.2, 0.25) is 0 Å². The van der Waals surface area contributed by atoms with Crippen molar-refractivity contribution in [2.24, 2.45) is 0 Å².